The van der Waals surface area contributed by atoms with Crippen molar-refractivity contribution >= 4 is 22.6 Å². The Morgan fingerprint density at radius 2 is 1.97 bits per heavy atom. The van der Waals surface area contributed by atoms with Crippen molar-refractivity contribution in [2.75, 3.05) is 18.4 Å². The number of fused-ring (bicyclic) bond motifs is 1. The molecule has 5 rings (SSSR count). The van der Waals surface area contributed by atoms with Gasteiger partial charge < -0.3 is 5.32 Å². The summed E-state index contributed by atoms with van der Waals surface area (Å²) in [5.41, 5.74) is 4.13. The van der Waals surface area contributed by atoms with Crippen molar-refractivity contribution in [2.24, 2.45) is 5.92 Å². The van der Waals surface area contributed by atoms with Gasteiger partial charge in [-0.2, -0.15) is 5.10 Å². The number of nitrogens with zero attached hydrogens (tertiary/aromatic N) is 4. The number of amides is 1. The molecule has 1 saturated heterocycles. The molecule has 8 heteroatoms. The van der Waals surface area contributed by atoms with Gasteiger partial charge in [-0.15, -0.1) is 0 Å². The lowest BCUT2D eigenvalue weighted by Gasteiger charge is -2.30. The molecule has 1 aliphatic rings. The summed E-state index contributed by atoms with van der Waals surface area (Å²) in [5, 5.41) is 10.4. The average Bonchev–Trinajstić information content (AvgIpc) is 3.26. The molecule has 1 aromatic carbocycles. The van der Waals surface area contributed by atoms with Crippen molar-refractivity contribution < 1.29 is 9.18 Å². The van der Waals surface area contributed by atoms with Crippen LogP contribution in [0.1, 0.15) is 35.8 Å². The highest BCUT2D eigenvalue weighted by molar-refractivity contribution is 6.11. The van der Waals surface area contributed by atoms with Crippen LogP contribution in [0.25, 0.3) is 22.0 Å². The largest absolute Gasteiger partial charge is 0.305 e. The molecule has 4 aromatic rings. The predicted octanol–water partition coefficient (Wildman–Crippen LogP) is 4.64. The van der Waals surface area contributed by atoms with E-state index in [2.05, 4.69) is 43.4 Å². The van der Waals surface area contributed by atoms with Crippen LogP contribution in [0.3, 0.4) is 0 Å². The smallest absolute Gasteiger partial charge is 0.277 e. The van der Waals surface area contributed by atoms with Gasteiger partial charge in [-0.3, -0.25) is 19.8 Å². The number of rotatable bonds is 5. The SMILES string of the molecule is CC1CCN(Cc2cncc(-c3ccc4[nH]nc(C(=O)Nc5ccc(F)cn5)c4c3)c2)CC1. The van der Waals surface area contributed by atoms with Crippen molar-refractivity contribution in [3.05, 3.63) is 72.1 Å². The van der Waals surface area contributed by atoms with Crippen molar-refractivity contribution in [2.45, 2.75) is 26.3 Å². The standard InChI is InChI=1S/C25H25FN6O/c1-16-6-8-32(9-7-16)15-17-10-19(13-27-12-17)18-2-4-22-21(11-18)24(31-30-22)25(33)29-23-5-3-20(26)14-28-23/h2-5,10-14,16H,6-9,15H2,1H3,(H,30,31)(H,28,29,33). The lowest BCUT2D eigenvalue weighted by molar-refractivity contribution is 0.102. The van der Waals surface area contributed by atoms with E-state index in [9.17, 15) is 9.18 Å². The average molecular weight is 445 g/mol. The summed E-state index contributed by atoms with van der Waals surface area (Å²) in [6.07, 6.45) is 7.30. The van der Waals surface area contributed by atoms with E-state index >= 15 is 0 Å². The fraction of sp³-hybridized carbons (Fsp3) is 0.280. The van der Waals surface area contributed by atoms with Crippen LogP contribution in [0.2, 0.25) is 0 Å². The molecule has 0 aliphatic carbocycles. The van der Waals surface area contributed by atoms with Gasteiger partial charge in [0.25, 0.3) is 5.91 Å². The number of piperidine rings is 1. The number of anilines is 1. The normalized spacial score (nSPS) is 15.1. The number of hydrogen-bond donors (Lipinski definition) is 2. The third-order valence-electron chi connectivity index (χ3n) is 6.16. The van der Waals surface area contributed by atoms with Gasteiger partial charge in [-0.1, -0.05) is 13.0 Å². The summed E-state index contributed by atoms with van der Waals surface area (Å²) < 4.78 is 13.1. The molecule has 1 aliphatic heterocycles. The topological polar surface area (TPSA) is 86.8 Å². The van der Waals surface area contributed by atoms with Crippen LogP contribution >= 0.6 is 0 Å². The lowest BCUT2D eigenvalue weighted by atomic mass is 9.98. The molecule has 33 heavy (non-hydrogen) atoms. The van der Waals surface area contributed by atoms with Crippen LogP contribution in [0.15, 0.2) is 55.0 Å². The maximum Gasteiger partial charge on any atom is 0.277 e. The molecule has 3 aromatic heterocycles. The van der Waals surface area contributed by atoms with Crippen LogP contribution in [0.4, 0.5) is 10.2 Å². The second-order valence-corrected chi connectivity index (χ2v) is 8.69. The van der Waals surface area contributed by atoms with Crippen molar-refractivity contribution in [1.82, 2.24) is 25.1 Å². The Morgan fingerprint density at radius 3 is 2.76 bits per heavy atom. The molecule has 0 radical (unpaired) electrons. The van der Waals surface area contributed by atoms with Gasteiger partial charge in [0.2, 0.25) is 0 Å². The van der Waals surface area contributed by atoms with Gasteiger partial charge in [0.05, 0.1) is 11.7 Å². The third kappa shape index (κ3) is 4.75. The summed E-state index contributed by atoms with van der Waals surface area (Å²) in [4.78, 5) is 23.6. The highest BCUT2D eigenvalue weighted by atomic mass is 19.1. The van der Waals surface area contributed by atoms with Crippen LogP contribution in [-0.4, -0.2) is 44.1 Å². The summed E-state index contributed by atoms with van der Waals surface area (Å²) in [5.74, 6) is 0.188. The molecule has 4 heterocycles. The number of hydrogen-bond acceptors (Lipinski definition) is 5. The Hall–Kier alpha value is -3.65. The quantitative estimate of drug-likeness (QED) is 0.468. The monoisotopic (exact) mass is 444 g/mol. The number of aromatic nitrogens is 4. The van der Waals surface area contributed by atoms with E-state index in [4.69, 9.17) is 0 Å². The number of carbonyl (C=O) groups is 1. The third-order valence-corrected chi connectivity index (χ3v) is 6.16. The van der Waals surface area contributed by atoms with Crippen LogP contribution in [-0.2, 0) is 6.54 Å². The minimum atomic E-state index is -0.464. The summed E-state index contributed by atoms with van der Waals surface area (Å²) >= 11 is 0. The van der Waals surface area contributed by atoms with Gasteiger partial charge in [0, 0.05) is 29.9 Å². The molecule has 2 N–H and O–H groups in total. The summed E-state index contributed by atoms with van der Waals surface area (Å²) in [6.45, 7) is 5.44. The van der Waals surface area contributed by atoms with Gasteiger partial charge >= 0.3 is 0 Å². The fourth-order valence-electron chi connectivity index (χ4n) is 4.20. The molecule has 0 bridgehead atoms. The molecule has 1 fully saturated rings. The van der Waals surface area contributed by atoms with Crippen LogP contribution < -0.4 is 5.32 Å². The number of nitrogens with one attached hydrogen (secondary N) is 2. The number of carbonyl (C=O) groups excluding carboxylic acids is 1. The Balaban J connectivity index is 1.38. The van der Waals surface area contributed by atoms with Crippen LogP contribution in [0, 0.1) is 11.7 Å². The number of likely N-dealkylation sites (tertiary alicyclic amines) is 1. The van der Waals surface area contributed by atoms with E-state index in [1.165, 1.54) is 30.5 Å². The first-order valence-corrected chi connectivity index (χ1v) is 11.1. The van der Waals surface area contributed by atoms with E-state index in [0.29, 0.717) is 5.39 Å². The molecule has 0 unspecified atom stereocenters. The highest BCUT2D eigenvalue weighted by Crippen LogP contribution is 2.27. The van der Waals surface area contributed by atoms with E-state index < -0.39 is 11.7 Å². The van der Waals surface area contributed by atoms with Crippen LogP contribution in [0.5, 0.6) is 0 Å². The Kier molecular flexibility index (Phi) is 5.83. The first-order chi connectivity index (χ1) is 16.0. The first kappa shape index (κ1) is 21.2. The molecule has 168 valence electrons. The first-order valence-electron chi connectivity index (χ1n) is 11.1. The summed E-state index contributed by atoms with van der Waals surface area (Å²) in [7, 11) is 0. The molecule has 0 atom stereocenters. The molecule has 7 nitrogen and oxygen atoms in total. The number of pyridine rings is 2. The molecule has 1 amide bonds. The molecule has 0 spiro atoms. The Bertz CT molecular complexity index is 1280. The number of halogens is 1. The van der Waals surface area contributed by atoms with Gasteiger partial charge in [0.15, 0.2) is 5.69 Å². The maximum absolute atomic E-state index is 13.1. The zero-order valence-corrected chi connectivity index (χ0v) is 18.4. The fourth-order valence-corrected chi connectivity index (χ4v) is 4.20. The van der Waals surface area contributed by atoms with E-state index in [1.807, 2.05) is 30.6 Å². The zero-order chi connectivity index (χ0) is 22.8. The minimum Gasteiger partial charge on any atom is -0.305 e. The van der Waals surface area contributed by atoms with Crippen molar-refractivity contribution in [3.8, 4) is 11.1 Å². The minimum absolute atomic E-state index is 0.254. The Labute approximate surface area is 191 Å². The number of aromatic amines is 1. The maximum atomic E-state index is 13.1. The van der Waals surface area contributed by atoms with Gasteiger partial charge in [0.1, 0.15) is 11.6 Å². The number of H-pyrrole nitrogens is 1. The predicted molar refractivity (Wildman–Crippen MR) is 125 cm³/mol. The van der Waals surface area contributed by atoms with Crippen molar-refractivity contribution in [1.29, 1.82) is 0 Å². The number of benzene rings is 1. The van der Waals surface area contributed by atoms with Gasteiger partial charge in [-0.25, -0.2) is 9.37 Å². The van der Waals surface area contributed by atoms with Crippen molar-refractivity contribution in [3.63, 3.8) is 0 Å². The van der Waals surface area contributed by atoms with E-state index in [-0.39, 0.29) is 11.5 Å². The molecular weight excluding hydrogens is 419 g/mol. The van der Waals surface area contributed by atoms with E-state index in [0.717, 1.165) is 48.4 Å². The van der Waals surface area contributed by atoms with Gasteiger partial charge in [-0.05, 0) is 73.3 Å². The molecular formula is C25H25FN6O. The second-order valence-electron chi connectivity index (χ2n) is 8.69. The summed E-state index contributed by atoms with van der Waals surface area (Å²) in [6, 6.07) is 10.7. The Morgan fingerprint density at radius 1 is 1.12 bits per heavy atom. The molecule has 0 saturated carbocycles. The highest BCUT2D eigenvalue weighted by Gasteiger charge is 2.18. The lowest BCUT2D eigenvalue weighted by Crippen LogP contribution is -2.32. The second kappa shape index (κ2) is 9.07. The van der Waals surface area contributed by atoms with E-state index in [1.54, 1.807) is 0 Å². The zero-order valence-electron chi connectivity index (χ0n) is 18.4.